The number of thiophene rings is 1. The molecule has 0 bridgehead atoms. The number of hydrogen-bond acceptors (Lipinski definition) is 6. The van der Waals surface area contributed by atoms with Gasteiger partial charge >= 0.3 is 0 Å². The van der Waals surface area contributed by atoms with E-state index in [1.54, 1.807) is 15.9 Å². The molecule has 1 aliphatic rings. The highest BCUT2D eigenvalue weighted by Gasteiger charge is 2.21. The second-order valence-corrected chi connectivity index (χ2v) is 11.4. The fourth-order valence-corrected chi connectivity index (χ4v) is 5.51. The molecule has 3 heterocycles. The molecular weight excluding hydrogens is 432 g/mol. The number of rotatable bonds is 8. The van der Waals surface area contributed by atoms with E-state index in [0.29, 0.717) is 23.8 Å². The second kappa shape index (κ2) is 9.50. The highest BCUT2D eigenvalue weighted by molar-refractivity contribution is 7.89. The third-order valence-electron chi connectivity index (χ3n) is 5.68. The molecule has 9 heteroatoms. The van der Waals surface area contributed by atoms with Gasteiger partial charge in [-0.3, -0.25) is 9.69 Å². The first-order valence-electron chi connectivity index (χ1n) is 10.5. The molecule has 3 aromatic rings. The summed E-state index contributed by atoms with van der Waals surface area (Å²) in [5.74, 6) is 0.579. The number of benzene rings is 1. The lowest BCUT2D eigenvalue weighted by atomic mass is 9.97. The molecule has 1 N–H and O–H groups in total. The first kappa shape index (κ1) is 22.0. The predicted molar refractivity (Wildman–Crippen MR) is 124 cm³/mol. The van der Waals surface area contributed by atoms with Crippen molar-refractivity contribution < 1.29 is 13.2 Å². The number of imidazole rings is 1. The summed E-state index contributed by atoms with van der Waals surface area (Å²) >= 11 is 1.79. The van der Waals surface area contributed by atoms with Crippen molar-refractivity contribution in [2.75, 3.05) is 25.9 Å². The molecular formula is C22H28N4O3S2. The number of piperidine rings is 1. The number of likely N-dealkylation sites (tertiary alicyclic amines) is 1. The monoisotopic (exact) mass is 460 g/mol. The van der Waals surface area contributed by atoms with Gasteiger partial charge in [-0.05, 0) is 55.4 Å². The highest BCUT2D eigenvalue weighted by atomic mass is 32.2. The van der Waals surface area contributed by atoms with E-state index in [1.165, 1.54) is 11.1 Å². The molecule has 0 saturated carbocycles. The predicted octanol–water partition coefficient (Wildman–Crippen LogP) is 2.67. The second-order valence-electron chi connectivity index (χ2n) is 8.28. The van der Waals surface area contributed by atoms with Gasteiger partial charge in [-0.15, -0.1) is 11.3 Å². The van der Waals surface area contributed by atoms with Gasteiger partial charge in [0.1, 0.15) is 18.1 Å². The maximum Gasteiger partial charge on any atom is 0.240 e. The van der Waals surface area contributed by atoms with Crippen LogP contribution in [-0.4, -0.2) is 54.7 Å². The molecule has 2 aromatic heterocycles. The average Bonchev–Trinajstić information content (AvgIpc) is 3.35. The van der Waals surface area contributed by atoms with Gasteiger partial charge in [-0.2, -0.15) is 0 Å². The van der Waals surface area contributed by atoms with Gasteiger partial charge in [0.25, 0.3) is 0 Å². The number of carbonyl (C=O) groups excluding carboxylic acids is 1. The van der Waals surface area contributed by atoms with Crippen molar-refractivity contribution in [2.24, 2.45) is 5.92 Å². The lowest BCUT2D eigenvalue weighted by Gasteiger charge is -2.31. The fourth-order valence-electron chi connectivity index (χ4n) is 4.08. The third-order valence-corrected chi connectivity index (χ3v) is 7.32. The van der Waals surface area contributed by atoms with Crippen molar-refractivity contribution in [3.63, 3.8) is 0 Å². The topological polar surface area (TPSA) is 84.3 Å². The minimum absolute atomic E-state index is 0.0720. The highest BCUT2D eigenvalue weighted by Crippen LogP contribution is 2.21. The number of amides is 1. The van der Waals surface area contributed by atoms with Crippen LogP contribution in [0, 0.1) is 5.92 Å². The Hall–Kier alpha value is -2.23. The molecule has 1 amide bonds. The van der Waals surface area contributed by atoms with Crippen LogP contribution in [0.3, 0.4) is 0 Å². The normalized spacial score (nSPS) is 16.0. The van der Waals surface area contributed by atoms with Crippen LogP contribution in [0.15, 0.2) is 41.8 Å². The zero-order valence-electron chi connectivity index (χ0n) is 17.7. The summed E-state index contributed by atoms with van der Waals surface area (Å²) in [6.07, 6.45) is 3.32. The summed E-state index contributed by atoms with van der Waals surface area (Å²) in [7, 11) is -3.26. The summed E-state index contributed by atoms with van der Waals surface area (Å²) in [6, 6.07) is 11.7. The molecule has 31 heavy (non-hydrogen) atoms. The van der Waals surface area contributed by atoms with E-state index < -0.39 is 9.84 Å². The Labute approximate surface area is 187 Å². The summed E-state index contributed by atoms with van der Waals surface area (Å²) in [5, 5.41) is 5.17. The van der Waals surface area contributed by atoms with Gasteiger partial charge in [-0.1, -0.05) is 18.2 Å². The van der Waals surface area contributed by atoms with Crippen molar-refractivity contribution in [1.82, 2.24) is 19.8 Å². The van der Waals surface area contributed by atoms with Crippen molar-refractivity contribution in [1.29, 1.82) is 0 Å². The molecule has 4 rings (SSSR count). The lowest BCUT2D eigenvalue weighted by molar-refractivity contribution is -0.121. The van der Waals surface area contributed by atoms with Gasteiger partial charge in [-0.25, -0.2) is 13.4 Å². The smallest absolute Gasteiger partial charge is 0.240 e. The standard InChI is InChI=1S/C22H28N4O3S2/c1-31(28,29)16-21-24-19-6-2-3-7-20(19)26(21)15-22(27)23-13-17-8-10-25(11-9-17)14-18-5-4-12-30-18/h2-7,12,17H,8-11,13-16H2,1H3,(H,23,27). The average molecular weight is 461 g/mol. The summed E-state index contributed by atoms with van der Waals surface area (Å²) in [6.45, 7) is 3.82. The number of nitrogens with zero attached hydrogens (tertiary/aromatic N) is 3. The first-order valence-corrected chi connectivity index (χ1v) is 13.4. The molecule has 1 fully saturated rings. The zero-order valence-corrected chi connectivity index (χ0v) is 19.3. The Morgan fingerprint density at radius 3 is 2.68 bits per heavy atom. The Morgan fingerprint density at radius 1 is 1.19 bits per heavy atom. The minimum Gasteiger partial charge on any atom is -0.354 e. The van der Waals surface area contributed by atoms with E-state index in [1.807, 2.05) is 24.3 Å². The van der Waals surface area contributed by atoms with Crippen LogP contribution in [0.25, 0.3) is 11.0 Å². The quantitative estimate of drug-likeness (QED) is 0.559. The molecule has 0 atom stereocenters. The lowest BCUT2D eigenvalue weighted by Crippen LogP contribution is -2.39. The maximum atomic E-state index is 12.7. The third kappa shape index (κ3) is 5.93. The summed E-state index contributed by atoms with van der Waals surface area (Å²) in [4.78, 5) is 21.0. The first-order chi connectivity index (χ1) is 14.9. The number of sulfone groups is 1. The molecule has 0 unspecified atom stereocenters. The van der Waals surface area contributed by atoms with Gasteiger partial charge in [0, 0.05) is 24.2 Å². The van der Waals surface area contributed by atoms with E-state index >= 15 is 0 Å². The van der Waals surface area contributed by atoms with E-state index in [4.69, 9.17) is 0 Å². The van der Waals surface area contributed by atoms with Crippen LogP contribution in [-0.2, 0) is 33.5 Å². The molecule has 1 saturated heterocycles. The Kier molecular flexibility index (Phi) is 6.74. The van der Waals surface area contributed by atoms with E-state index in [-0.39, 0.29) is 18.2 Å². The Morgan fingerprint density at radius 2 is 1.97 bits per heavy atom. The van der Waals surface area contributed by atoms with E-state index in [2.05, 4.69) is 32.7 Å². The van der Waals surface area contributed by atoms with Gasteiger partial charge < -0.3 is 9.88 Å². The van der Waals surface area contributed by atoms with Crippen molar-refractivity contribution in [3.8, 4) is 0 Å². The Balaban J connectivity index is 1.32. The molecule has 0 spiro atoms. The van der Waals surface area contributed by atoms with Gasteiger partial charge in [0.05, 0.1) is 11.0 Å². The molecule has 166 valence electrons. The van der Waals surface area contributed by atoms with Gasteiger partial charge in [0.15, 0.2) is 9.84 Å². The van der Waals surface area contributed by atoms with Crippen molar-refractivity contribution >= 4 is 38.1 Å². The summed E-state index contributed by atoms with van der Waals surface area (Å²) in [5.41, 5.74) is 1.48. The van der Waals surface area contributed by atoms with Crippen LogP contribution in [0.5, 0.6) is 0 Å². The number of para-hydroxylation sites is 2. The van der Waals surface area contributed by atoms with Crippen molar-refractivity contribution in [3.05, 3.63) is 52.5 Å². The molecule has 1 aliphatic heterocycles. The maximum absolute atomic E-state index is 12.7. The fraction of sp³-hybridized carbons (Fsp3) is 0.455. The SMILES string of the molecule is CS(=O)(=O)Cc1nc2ccccc2n1CC(=O)NCC1CCN(Cc2cccs2)CC1. The largest absolute Gasteiger partial charge is 0.354 e. The van der Waals surface area contributed by atoms with Crippen molar-refractivity contribution in [2.45, 2.75) is 31.7 Å². The number of carbonyl (C=O) groups is 1. The number of fused-ring (bicyclic) bond motifs is 1. The zero-order chi connectivity index (χ0) is 21.8. The van der Waals surface area contributed by atoms with Crippen LogP contribution in [0.4, 0.5) is 0 Å². The van der Waals surface area contributed by atoms with Gasteiger partial charge in [0.2, 0.25) is 5.91 Å². The van der Waals surface area contributed by atoms with Crippen LogP contribution < -0.4 is 5.32 Å². The van der Waals surface area contributed by atoms with Crippen LogP contribution >= 0.6 is 11.3 Å². The number of aromatic nitrogens is 2. The molecule has 0 aliphatic carbocycles. The summed E-state index contributed by atoms with van der Waals surface area (Å²) < 4.78 is 25.4. The van der Waals surface area contributed by atoms with E-state index in [0.717, 1.165) is 38.0 Å². The molecule has 0 radical (unpaired) electrons. The van der Waals surface area contributed by atoms with E-state index in [9.17, 15) is 13.2 Å². The molecule has 7 nitrogen and oxygen atoms in total. The number of nitrogens with one attached hydrogen (secondary N) is 1. The van der Waals surface area contributed by atoms with Crippen LogP contribution in [0.1, 0.15) is 23.5 Å². The molecule has 1 aromatic carbocycles. The number of hydrogen-bond donors (Lipinski definition) is 1. The van der Waals surface area contributed by atoms with Crippen LogP contribution in [0.2, 0.25) is 0 Å². The Bertz CT molecular complexity index is 1130. The minimum atomic E-state index is -3.26.